The molecule has 0 atom stereocenters. The standard InChI is InChI=1S/C8H7FO.CH5N/c1-6-2-3-7(5-10)8(9)4-6;1-2/h2-5H,1H3;2H2,1H3. The van der Waals surface area contributed by atoms with Gasteiger partial charge in [-0.1, -0.05) is 6.07 Å². The van der Waals surface area contributed by atoms with Crippen molar-refractivity contribution in [1.29, 1.82) is 0 Å². The second-order valence-corrected chi connectivity index (χ2v) is 2.14. The van der Waals surface area contributed by atoms with Crippen LogP contribution in [0.1, 0.15) is 15.9 Å². The van der Waals surface area contributed by atoms with E-state index in [4.69, 9.17) is 0 Å². The van der Waals surface area contributed by atoms with Gasteiger partial charge in [0.1, 0.15) is 5.82 Å². The van der Waals surface area contributed by atoms with Gasteiger partial charge in [-0.25, -0.2) is 4.39 Å². The summed E-state index contributed by atoms with van der Waals surface area (Å²) in [5, 5.41) is 0. The van der Waals surface area contributed by atoms with Crippen LogP contribution in [0, 0.1) is 12.7 Å². The van der Waals surface area contributed by atoms with Crippen molar-refractivity contribution in [3.8, 4) is 0 Å². The lowest BCUT2D eigenvalue weighted by atomic mass is 10.1. The SMILES string of the molecule is CN.Cc1ccc(C=O)c(F)c1. The molecule has 12 heavy (non-hydrogen) atoms. The Kier molecular flexibility index (Phi) is 4.88. The quantitative estimate of drug-likeness (QED) is 0.648. The number of aldehydes is 1. The predicted molar refractivity (Wildman–Crippen MR) is 46.6 cm³/mol. The van der Waals surface area contributed by atoms with Gasteiger partial charge in [0.05, 0.1) is 5.56 Å². The van der Waals surface area contributed by atoms with Crippen molar-refractivity contribution in [2.24, 2.45) is 5.73 Å². The molecule has 2 N–H and O–H groups in total. The van der Waals surface area contributed by atoms with Gasteiger partial charge in [-0.2, -0.15) is 0 Å². The summed E-state index contributed by atoms with van der Waals surface area (Å²) in [6.45, 7) is 1.78. The van der Waals surface area contributed by atoms with E-state index in [2.05, 4.69) is 5.73 Å². The normalized spacial score (nSPS) is 8.33. The maximum Gasteiger partial charge on any atom is 0.152 e. The molecule has 0 aliphatic rings. The maximum absolute atomic E-state index is 12.6. The van der Waals surface area contributed by atoms with Gasteiger partial charge in [-0.3, -0.25) is 4.79 Å². The van der Waals surface area contributed by atoms with Crippen LogP contribution in [0.3, 0.4) is 0 Å². The third kappa shape index (κ3) is 2.80. The molecule has 0 aromatic heterocycles. The Balaban J connectivity index is 0.000000561. The van der Waals surface area contributed by atoms with Crippen molar-refractivity contribution in [2.45, 2.75) is 6.92 Å². The molecule has 0 radical (unpaired) electrons. The van der Waals surface area contributed by atoms with Gasteiger partial charge in [0.15, 0.2) is 6.29 Å². The van der Waals surface area contributed by atoms with E-state index in [1.54, 1.807) is 13.0 Å². The van der Waals surface area contributed by atoms with Crippen LogP contribution in [0.5, 0.6) is 0 Å². The smallest absolute Gasteiger partial charge is 0.152 e. The van der Waals surface area contributed by atoms with E-state index in [1.807, 2.05) is 0 Å². The third-order valence-corrected chi connectivity index (χ3v) is 1.28. The van der Waals surface area contributed by atoms with Gasteiger partial charge >= 0.3 is 0 Å². The number of rotatable bonds is 1. The van der Waals surface area contributed by atoms with E-state index in [0.717, 1.165) is 5.56 Å². The van der Waals surface area contributed by atoms with Crippen molar-refractivity contribution in [1.82, 2.24) is 0 Å². The minimum atomic E-state index is -0.449. The average molecular weight is 169 g/mol. The lowest BCUT2D eigenvalue weighted by Crippen LogP contribution is -1.86. The Hall–Kier alpha value is -1.22. The predicted octanol–water partition coefficient (Wildman–Crippen LogP) is 1.52. The van der Waals surface area contributed by atoms with Crippen LogP contribution in [0.2, 0.25) is 0 Å². The summed E-state index contributed by atoms with van der Waals surface area (Å²) in [4.78, 5) is 10.1. The zero-order valence-corrected chi connectivity index (χ0v) is 7.17. The molecule has 0 bridgehead atoms. The summed E-state index contributed by atoms with van der Waals surface area (Å²) in [5.74, 6) is -0.449. The third-order valence-electron chi connectivity index (χ3n) is 1.28. The Morgan fingerprint density at radius 1 is 1.42 bits per heavy atom. The molecule has 1 aromatic carbocycles. The van der Waals surface area contributed by atoms with Crippen LogP contribution >= 0.6 is 0 Å². The van der Waals surface area contributed by atoms with Crippen molar-refractivity contribution in [3.63, 3.8) is 0 Å². The minimum Gasteiger partial charge on any atom is -0.333 e. The number of carbonyl (C=O) groups excluding carboxylic acids is 1. The number of halogens is 1. The van der Waals surface area contributed by atoms with E-state index < -0.39 is 5.82 Å². The molecule has 0 saturated carbocycles. The van der Waals surface area contributed by atoms with Crippen molar-refractivity contribution < 1.29 is 9.18 Å². The topological polar surface area (TPSA) is 43.1 Å². The molecule has 1 aromatic rings. The fourth-order valence-corrected chi connectivity index (χ4v) is 0.728. The highest BCUT2D eigenvalue weighted by atomic mass is 19.1. The van der Waals surface area contributed by atoms with Gasteiger partial charge in [-0.05, 0) is 31.7 Å². The molecular weight excluding hydrogens is 157 g/mol. The highest BCUT2D eigenvalue weighted by molar-refractivity contribution is 5.75. The summed E-state index contributed by atoms with van der Waals surface area (Å²) in [6.07, 6.45) is 0.509. The lowest BCUT2D eigenvalue weighted by Gasteiger charge is -1.94. The van der Waals surface area contributed by atoms with E-state index >= 15 is 0 Å². The number of aryl methyl sites for hydroxylation is 1. The highest BCUT2D eigenvalue weighted by Gasteiger charge is 1.97. The lowest BCUT2D eigenvalue weighted by molar-refractivity contribution is 0.112. The second kappa shape index (κ2) is 5.43. The van der Waals surface area contributed by atoms with Crippen molar-refractivity contribution in [3.05, 3.63) is 35.1 Å². The zero-order chi connectivity index (χ0) is 9.56. The van der Waals surface area contributed by atoms with Crippen LogP contribution in [0.15, 0.2) is 18.2 Å². The van der Waals surface area contributed by atoms with Gasteiger partial charge < -0.3 is 5.73 Å². The monoisotopic (exact) mass is 169 g/mol. The molecule has 0 saturated heterocycles. The first-order chi connectivity index (χ1) is 5.74. The van der Waals surface area contributed by atoms with Crippen LogP contribution in [-0.2, 0) is 0 Å². The summed E-state index contributed by atoms with van der Waals surface area (Å²) >= 11 is 0. The van der Waals surface area contributed by atoms with Gasteiger partial charge in [0, 0.05) is 0 Å². The van der Waals surface area contributed by atoms with Gasteiger partial charge in [0.25, 0.3) is 0 Å². The first-order valence-electron chi connectivity index (χ1n) is 3.53. The van der Waals surface area contributed by atoms with Crippen LogP contribution < -0.4 is 5.73 Å². The first-order valence-corrected chi connectivity index (χ1v) is 3.53. The largest absolute Gasteiger partial charge is 0.333 e. The number of carbonyl (C=O) groups is 1. The molecule has 1 rings (SSSR count). The average Bonchev–Trinajstić information content (AvgIpc) is 2.08. The van der Waals surface area contributed by atoms with E-state index in [9.17, 15) is 9.18 Å². The Labute approximate surface area is 71.2 Å². The number of hydrogen-bond acceptors (Lipinski definition) is 2. The van der Waals surface area contributed by atoms with Crippen LogP contribution in [-0.4, -0.2) is 13.3 Å². The number of nitrogens with two attached hydrogens (primary N) is 1. The van der Waals surface area contributed by atoms with Crippen LogP contribution in [0.4, 0.5) is 4.39 Å². The highest BCUT2D eigenvalue weighted by Crippen LogP contribution is 2.06. The fraction of sp³-hybridized carbons (Fsp3) is 0.222. The Morgan fingerprint density at radius 3 is 2.42 bits per heavy atom. The molecule has 2 nitrogen and oxygen atoms in total. The van der Waals surface area contributed by atoms with Gasteiger partial charge in [0.2, 0.25) is 0 Å². The minimum absolute atomic E-state index is 0.116. The Morgan fingerprint density at radius 2 is 2.00 bits per heavy atom. The summed E-state index contributed by atoms with van der Waals surface area (Å²) in [7, 11) is 1.50. The molecule has 0 heterocycles. The molecule has 0 aliphatic heterocycles. The number of hydrogen-bond donors (Lipinski definition) is 1. The molecule has 0 unspecified atom stereocenters. The molecule has 66 valence electrons. The summed E-state index contributed by atoms with van der Waals surface area (Å²) in [6, 6.07) is 4.51. The molecule has 0 aliphatic carbocycles. The van der Waals surface area contributed by atoms with E-state index in [0.29, 0.717) is 6.29 Å². The molecule has 0 amide bonds. The van der Waals surface area contributed by atoms with Crippen molar-refractivity contribution >= 4 is 6.29 Å². The number of benzene rings is 1. The Bertz CT molecular complexity index is 261. The molecule has 0 fully saturated rings. The first kappa shape index (κ1) is 10.8. The van der Waals surface area contributed by atoms with E-state index in [1.165, 1.54) is 19.2 Å². The second-order valence-electron chi connectivity index (χ2n) is 2.14. The van der Waals surface area contributed by atoms with Gasteiger partial charge in [-0.15, -0.1) is 0 Å². The van der Waals surface area contributed by atoms with E-state index in [-0.39, 0.29) is 5.56 Å². The fourth-order valence-electron chi connectivity index (χ4n) is 0.728. The van der Waals surface area contributed by atoms with Crippen molar-refractivity contribution in [2.75, 3.05) is 7.05 Å². The summed E-state index contributed by atoms with van der Waals surface area (Å²) < 4.78 is 12.6. The van der Waals surface area contributed by atoms with Crippen LogP contribution in [0.25, 0.3) is 0 Å². The summed E-state index contributed by atoms with van der Waals surface area (Å²) in [5.41, 5.74) is 5.44. The molecular formula is C9H12FNO. The zero-order valence-electron chi connectivity index (χ0n) is 7.17. The molecule has 3 heteroatoms. The maximum atomic E-state index is 12.6. The molecule has 0 spiro atoms.